The fraction of sp³-hybridized carbons (Fsp3) is 0. The summed E-state index contributed by atoms with van der Waals surface area (Å²) in [4.78, 5) is 14.8. The van der Waals surface area contributed by atoms with Crippen LogP contribution < -0.4 is 0 Å². The van der Waals surface area contributed by atoms with E-state index in [-0.39, 0.29) is 0 Å². The van der Waals surface area contributed by atoms with E-state index in [9.17, 15) is 0 Å². The van der Waals surface area contributed by atoms with Crippen molar-refractivity contribution in [1.29, 1.82) is 0 Å². The summed E-state index contributed by atoms with van der Waals surface area (Å²) in [5, 5.41) is 11.9. The van der Waals surface area contributed by atoms with Gasteiger partial charge in [0.05, 0.1) is 0 Å². The van der Waals surface area contributed by atoms with E-state index in [0.29, 0.717) is 17.5 Å². The van der Waals surface area contributed by atoms with Gasteiger partial charge in [-0.3, -0.25) is 0 Å². The summed E-state index contributed by atoms with van der Waals surface area (Å²) in [6, 6.07) is 69.9. The summed E-state index contributed by atoms with van der Waals surface area (Å²) in [5.74, 6) is 1.83. The van der Waals surface area contributed by atoms with Gasteiger partial charge in [-0.2, -0.15) is 0 Å². The lowest BCUT2D eigenvalue weighted by molar-refractivity contribution is 0.669. The molecule has 0 atom stereocenters. The summed E-state index contributed by atoms with van der Waals surface area (Å²) in [7, 11) is 0. The molecule has 0 N–H and O–H groups in total. The number of hydrogen-bond acceptors (Lipinski definition) is 5. The lowest BCUT2D eigenvalue weighted by Gasteiger charge is -2.12. The third-order valence-electron chi connectivity index (χ3n) is 12.3. The number of fused-ring (bicyclic) bond motifs is 12. The second kappa shape index (κ2) is 13.6. The standard InChI is InChI=1S/C57H33N3O2/c1-3-12-34(13-4-1)55-58-56(35-14-5-2-6-15-35)60-57(59-55)39-24-28-47-53(33-39)62-51-21-11-20-40(54(47)51)38-25-29-50-49(31-38)46-27-23-37(32-52(46)61-50)36-22-26-45-43-18-8-7-16-41(43)42-17-9-10-19-44(42)48(45)30-36/h1-33H. The molecule has 0 aliphatic carbocycles. The van der Waals surface area contributed by atoms with E-state index >= 15 is 0 Å². The number of hydrogen-bond donors (Lipinski definition) is 0. The van der Waals surface area contributed by atoms with Crippen molar-refractivity contribution in [2.45, 2.75) is 0 Å². The van der Waals surface area contributed by atoms with Crippen LogP contribution in [0.15, 0.2) is 209 Å². The Morgan fingerprint density at radius 1 is 0.242 bits per heavy atom. The van der Waals surface area contributed by atoms with Crippen molar-refractivity contribution >= 4 is 76.2 Å². The molecule has 13 rings (SSSR count). The van der Waals surface area contributed by atoms with E-state index < -0.39 is 0 Å². The minimum atomic E-state index is 0.587. The largest absolute Gasteiger partial charge is 0.456 e. The van der Waals surface area contributed by atoms with E-state index in [1.165, 1.54) is 32.3 Å². The van der Waals surface area contributed by atoms with E-state index in [1.807, 2.05) is 72.8 Å². The van der Waals surface area contributed by atoms with E-state index in [2.05, 4.69) is 127 Å². The molecule has 5 nitrogen and oxygen atoms in total. The highest BCUT2D eigenvalue weighted by Crippen LogP contribution is 2.42. The average molecular weight is 792 g/mol. The molecule has 0 fully saturated rings. The van der Waals surface area contributed by atoms with Crippen LogP contribution in [0.1, 0.15) is 0 Å². The van der Waals surface area contributed by atoms with Gasteiger partial charge in [-0.05, 0) is 103 Å². The molecule has 0 amide bonds. The molecule has 3 aromatic heterocycles. The summed E-state index contributed by atoms with van der Waals surface area (Å²) >= 11 is 0. The molecule has 0 aliphatic rings. The maximum absolute atomic E-state index is 6.59. The SMILES string of the molecule is c1ccc(-c2nc(-c3ccccc3)nc(-c3ccc4c(c3)oc3cccc(-c5ccc6oc7cc(-c8ccc9c%10ccccc%10c%10ccccc%10c9c8)ccc7c6c5)c34)n2)cc1. The fourth-order valence-electron chi connectivity index (χ4n) is 9.35. The van der Waals surface area contributed by atoms with Gasteiger partial charge in [0, 0.05) is 38.2 Å². The van der Waals surface area contributed by atoms with Gasteiger partial charge in [-0.1, -0.05) is 152 Å². The Labute approximate surface area is 355 Å². The highest BCUT2D eigenvalue weighted by atomic mass is 16.3. The minimum absolute atomic E-state index is 0.587. The molecule has 0 saturated heterocycles. The highest BCUT2D eigenvalue weighted by Gasteiger charge is 2.18. The molecule has 0 spiro atoms. The maximum atomic E-state index is 6.59. The first kappa shape index (κ1) is 34.5. The van der Waals surface area contributed by atoms with Crippen molar-refractivity contribution in [3.8, 4) is 56.4 Å². The molecule has 0 bridgehead atoms. The number of benzene rings is 10. The van der Waals surface area contributed by atoms with Crippen molar-refractivity contribution < 1.29 is 8.83 Å². The van der Waals surface area contributed by atoms with Crippen LogP contribution in [-0.2, 0) is 0 Å². The molecule has 288 valence electrons. The Balaban J connectivity index is 0.893. The van der Waals surface area contributed by atoms with Crippen molar-refractivity contribution in [1.82, 2.24) is 15.0 Å². The van der Waals surface area contributed by atoms with Crippen LogP contribution in [0, 0.1) is 0 Å². The Morgan fingerprint density at radius 2 is 0.710 bits per heavy atom. The first-order valence-electron chi connectivity index (χ1n) is 20.8. The van der Waals surface area contributed by atoms with Crippen LogP contribution in [0.2, 0.25) is 0 Å². The second-order valence-corrected chi connectivity index (χ2v) is 15.9. The van der Waals surface area contributed by atoms with E-state index in [4.69, 9.17) is 23.8 Å². The first-order valence-corrected chi connectivity index (χ1v) is 20.8. The lowest BCUT2D eigenvalue weighted by Crippen LogP contribution is -2.00. The molecule has 0 unspecified atom stereocenters. The van der Waals surface area contributed by atoms with Crippen LogP contribution in [0.3, 0.4) is 0 Å². The fourth-order valence-corrected chi connectivity index (χ4v) is 9.35. The topological polar surface area (TPSA) is 65.0 Å². The maximum Gasteiger partial charge on any atom is 0.164 e. The van der Waals surface area contributed by atoms with Crippen LogP contribution in [0.5, 0.6) is 0 Å². The van der Waals surface area contributed by atoms with Crippen LogP contribution in [0.4, 0.5) is 0 Å². The summed E-state index contributed by atoms with van der Waals surface area (Å²) in [5.41, 5.74) is 10.5. The molecule has 10 aromatic carbocycles. The Hall–Kier alpha value is -8.41. The number of rotatable bonds is 5. The minimum Gasteiger partial charge on any atom is -0.456 e. The highest BCUT2D eigenvalue weighted by molar-refractivity contribution is 6.26. The molecule has 62 heavy (non-hydrogen) atoms. The third-order valence-corrected chi connectivity index (χ3v) is 12.3. The molecule has 5 heteroatoms. The van der Waals surface area contributed by atoms with Gasteiger partial charge in [0.25, 0.3) is 0 Å². The number of nitrogens with zero attached hydrogens (tertiary/aromatic N) is 3. The van der Waals surface area contributed by atoms with Crippen molar-refractivity contribution in [2.75, 3.05) is 0 Å². The predicted molar refractivity (Wildman–Crippen MR) is 254 cm³/mol. The van der Waals surface area contributed by atoms with Crippen molar-refractivity contribution in [2.24, 2.45) is 0 Å². The summed E-state index contributed by atoms with van der Waals surface area (Å²) in [6.45, 7) is 0. The van der Waals surface area contributed by atoms with Crippen LogP contribution in [-0.4, -0.2) is 15.0 Å². The third kappa shape index (κ3) is 5.45. The van der Waals surface area contributed by atoms with Gasteiger partial charge in [-0.25, -0.2) is 15.0 Å². The van der Waals surface area contributed by atoms with Gasteiger partial charge in [0.1, 0.15) is 22.3 Å². The first-order chi connectivity index (χ1) is 30.7. The smallest absolute Gasteiger partial charge is 0.164 e. The zero-order chi connectivity index (χ0) is 40.7. The van der Waals surface area contributed by atoms with E-state index in [0.717, 1.165) is 82.8 Å². The van der Waals surface area contributed by atoms with Gasteiger partial charge in [0.15, 0.2) is 17.5 Å². The molecule has 13 aromatic rings. The summed E-state index contributed by atoms with van der Waals surface area (Å²) < 4.78 is 13.1. The predicted octanol–water partition coefficient (Wildman–Crippen LogP) is 15.5. The molecule has 3 heterocycles. The van der Waals surface area contributed by atoms with Gasteiger partial charge in [0.2, 0.25) is 0 Å². The number of furan rings is 2. The summed E-state index contributed by atoms with van der Waals surface area (Å²) in [6.07, 6.45) is 0. The normalized spacial score (nSPS) is 11.9. The zero-order valence-electron chi connectivity index (χ0n) is 33.2. The average Bonchev–Trinajstić information content (AvgIpc) is 3.91. The monoisotopic (exact) mass is 791 g/mol. The molecule has 0 radical (unpaired) electrons. The van der Waals surface area contributed by atoms with E-state index in [1.54, 1.807) is 0 Å². The van der Waals surface area contributed by atoms with Gasteiger partial charge < -0.3 is 8.83 Å². The van der Waals surface area contributed by atoms with Crippen LogP contribution >= 0.6 is 0 Å². The second-order valence-electron chi connectivity index (χ2n) is 15.9. The van der Waals surface area contributed by atoms with Crippen LogP contribution in [0.25, 0.3) is 133 Å². The molecule has 0 saturated carbocycles. The molecule has 0 aliphatic heterocycles. The quantitative estimate of drug-likeness (QED) is 0.162. The Kier molecular flexibility index (Phi) is 7.54. The number of aromatic nitrogens is 3. The Morgan fingerprint density at radius 3 is 1.39 bits per heavy atom. The van der Waals surface area contributed by atoms with Crippen molar-refractivity contribution in [3.05, 3.63) is 200 Å². The van der Waals surface area contributed by atoms with Gasteiger partial charge in [-0.15, -0.1) is 0 Å². The lowest BCUT2D eigenvalue weighted by atomic mass is 9.92. The van der Waals surface area contributed by atoms with Gasteiger partial charge >= 0.3 is 0 Å². The molecular weight excluding hydrogens is 759 g/mol. The Bertz CT molecular complexity index is 3830. The molecular formula is C57H33N3O2. The zero-order valence-corrected chi connectivity index (χ0v) is 33.2. The van der Waals surface area contributed by atoms with Crippen molar-refractivity contribution in [3.63, 3.8) is 0 Å².